The van der Waals surface area contributed by atoms with Gasteiger partial charge in [-0.05, 0) is 49.7 Å². The van der Waals surface area contributed by atoms with Gasteiger partial charge in [0, 0.05) is 75.4 Å². The molecule has 3 aromatic rings. The van der Waals surface area contributed by atoms with E-state index in [1.807, 2.05) is 11.8 Å². The summed E-state index contributed by atoms with van der Waals surface area (Å²) in [4.78, 5) is 35.8. The molecule has 0 spiro atoms. The molecule has 1 aromatic heterocycles. The Morgan fingerprint density at radius 1 is 1.00 bits per heavy atom. The summed E-state index contributed by atoms with van der Waals surface area (Å²) in [6.45, 7) is 7.15. The summed E-state index contributed by atoms with van der Waals surface area (Å²) in [5, 5.41) is 3.53. The first-order valence-corrected chi connectivity index (χ1v) is 14.6. The van der Waals surface area contributed by atoms with E-state index >= 15 is 0 Å². The largest absolute Gasteiger partial charge is 0.488 e. The quantitative estimate of drug-likeness (QED) is 0.335. The number of likely N-dealkylation sites (tertiary alicyclic amines) is 1. The zero-order chi connectivity index (χ0) is 28.8. The van der Waals surface area contributed by atoms with Crippen molar-refractivity contribution in [2.75, 3.05) is 58.9 Å². The molecule has 2 aliphatic heterocycles. The molecule has 0 saturated carbocycles. The second-order valence-corrected chi connectivity index (χ2v) is 11.3. The van der Waals surface area contributed by atoms with Crippen LogP contribution in [0.2, 0.25) is 0 Å². The maximum Gasteiger partial charge on any atom is 0.257 e. The Hall–Kier alpha value is -3.51. The fraction of sp³-hybridized carbons (Fsp3) is 0.433. The van der Waals surface area contributed by atoms with Gasteiger partial charge in [-0.2, -0.15) is 0 Å². The molecule has 2 aromatic carbocycles. The maximum atomic E-state index is 13.4. The van der Waals surface area contributed by atoms with Crippen LogP contribution in [0, 0.1) is 0 Å². The second-order valence-electron chi connectivity index (χ2n) is 10.2. The van der Waals surface area contributed by atoms with Gasteiger partial charge in [0.1, 0.15) is 23.4 Å². The van der Waals surface area contributed by atoms with Crippen molar-refractivity contribution in [1.82, 2.24) is 14.8 Å². The molecule has 3 heterocycles. The van der Waals surface area contributed by atoms with Crippen LogP contribution in [-0.2, 0) is 22.4 Å². The summed E-state index contributed by atoms with van der Waals surface area (Å²) in [6.07, 6.45) is 1.65. The summed E-state index contributed by atoms with van der Waals surface area (Å²) >= 11 is 1.50. The monoisotopic (exact) mass is 580 g/mol. The Balaban J connectivity index is 1.31. The predicted octanol–water partition coefficient (Wildman–Crippen LogP) is 4.45. The van der Waals surface area contributed by atoms with Crippen LogP contribution in [-0.4, -0.2) is 86.3 Å². The van der Waals surface area contributed by atoms with E-state index in [1.54, 1.807) is 56.7 Å². The first kappa shape index (κ1) is 29.0. The Kier molecular flexibility index (Phi) is 9.50. The van der Waals surface area contributed by atoms with E-state index in [9.17, 15) is 9.59 Å². The third-order valence-electron chi connectivity index (χ3n) is 7.00. The Bertz CT molecular complexity index is 1360. The van der Waals surface area contributed by atoms with Crippen LogP contribution in [0.15, 0.2) is 42.5 Å². The maximum absolute atomic E-state index is 13.4. The Labute approximate surface area is 244 Å². The molecule has 1 saturated heterocycles. The molecule has 0 bridgehead atoms. The van der Waals surface area contributed by atoms with Gasteiger partial charge in [-0.1, -0.05) is 0 Å². The standard InChI is InChI=1S/C30H36N4O6S/c1-20(19-38-3)39-24-15-22(28(35)32-30-31-26-9-12-33(13-14-37-2)18-27(26)41-30)16-25(17-24)40-23-7-5-21(6-8-23)29(36)34-10-4-11-34/h5-8,15-17,20H,4,9-14,18-19H2,1-3H3,(H,31,32,35). The smallest absolute Gasteiger partial charge is 0.257 e. The molecule has 1 unspecified atom stereocenters. The molecule has 1 fully saturated rings. The van der Waals surface area contributed by atoms with Crippen LogP contribution in [0.3, 0.4) is 0 Å². The molecule has 0 radical (unpaired) electrons. The molecule has 11 heteroatoms. The lowest BCUT2D eigenvalue weighted by Crippen LogP contribution is -2.41. The number of anilines is 1. The fourth-order valence-corrected chi connectivity index (χ4v) is 5.76. The average molecular weight is 581 g/mol. The van der Waals surface area contributed by atoms with E-state index in [-0.39, 0.29) is 17.9 Å². The van der Waals surface area contributed by atoms with Crippen molar-refractivity contribution >= 4 is 28.3 Å². The van der Waals surface area contributed by atoms with Crippen LogP contribution in [0.1, 0.15) is 44.6 Å². The minimum Gasteiger partial charge on any atom is -0.488 e. The highest BCUT2D eigenvalue weighted by Gasteiger charge is 2.23. The molecule has 218 valence electrons. The number of carbonyl (C=O) groups excluding carboxylic acids is 2. The predicted molar refractivity (Wildman–Crippen MR) is 156 cm³/mol. The third kappa shape index (κ3) is 7.42. The molecule has 0 aliphatic carbocycles. The minimum atomic E-state index is -0.308. The first-order valence-electron chi connectivity index (χ1n) is 13.8. The number of rotatable bonds is 12. The van der Waals surface area contributed by atoms with Crippen LogP contribution in [0.5, 0.6) is 17.2 Å². The summed E-state index contributed by atoms with van der Waals surface area (Å²) in [5.41, 5.74) is 2.03. The molecule has 10 nitrogen and oxygen atoms in total. The number of amides is 2. The fourth-order valence-electron chi connectivity index (χ4n) is 4.72. The molecule has 2 amide bonds. The van der Waals surface area contributed by atoms with Gasteiger partial charge in [0.25, 0.3) is 11.8 Å². The molecule has 1 N–H and O–H groups in total. The lowest BCUT2D eigenvalue weighted by Gasteiger charge is -2.30. The van der Waals surface area contributed by atoms with Crippen molar-refractivity contribution in [3.05, 3.63) is 64.2 Å². The van der Waals surface area contributed by atoms with Gasteiger partial charge in [-0.25, -0.2) is 4.98 Å². The second kappa shape index (κ2) is 13.4. The number of methoxy groups -OCH3 is 2. The number of fused-ring (bicyclic) bond motifs is 1. The highest BCUT2D eigenvalue weighted by atomic mass is 32.1. The van der Waals surface area contributed by atoms with Crippen molar-refractivity contribution in [2.24, 2.45) is 0 Å². The van der Waals surface area contributed by atoms with Gasteiger partial charge in [0.15, 0.2) is 5.13 Å². The third-order valence-corrected chi connectivity index (χ3v) is 8.00. The Morgan fingerprint density at radius 2 is 1.78 bits per heavy atom. The Morgan fingerprint density at radius 3 is 2.49 bits per heavy atom. The zero-order valence-electron chi connectivity index (χ0n) is 23.7. The van der Waals surface area contributed by atoms with Crippen LogP contribution < -0.4 is 14.8 Å². The number of ether oxygens (including phenoxy) is 4. The normalized spacial score (nSPS) is 15.5. The highest BCUT2D eigenvalue weighted by molar-refractivity contribution is 7.15. The van der Waals surface area contributed by atoms with Gasteiger partial charge in [0.05, 0.1) is 18.9 Å². The topological polar surface area (TPSA) is 102 Å². The van der Waals surface area contributed by atoms with Crippen LogP contribution >= 0.6 is 11.3 Å². The van der Waals surface area contributed by atoms with E-state index < -0.39 is 0 Å². The first-order chi connectivity index (χ1) is 19.9. The number of hydrogen-bond donors (Lipinski definition) is 1. The summed E-state index contributed by atoms with van der Waals surface area (Å²) < 4.78 is 22.5. The molecular weight excluding hydrogens is 544 g/mol. The summed E-state index contributed by atoms with van der Waals surface area (Å²) in [7, 11) is 3.32. The van der Waals surface area contributed by atoms with Crippen molar-refractivity contribution in [2.45, 2.75) is 32.4 Å². The van der Waals surface area contributed by atoms with Crippen molar-refractivity contribution in [3.8, 4) is 17.2 Å². The SMILES string of the molecule is COCCN1CCc2nc(NC(=O)c3cc(Oc4ccc(C(=O)N5CCC5)cc4)cc(OC(C)COC)c3)sc2C1. The van der Waals surface area contributed by atoms with Crippen LogP contribution in [0.4, 0.5) is 5.13 Å². The molecule has 5 rings (SSSR count). The summed E-state index contributed by atoms with van der Waals surface area (Å²) in [6, 6.07) is 12.1. The minimum absolute atomic E-state index is 0.0239. The van der Waals surface area contributed by atoms with E-state index in [0.717, 1.165) is 56.1 Å². The molecule has 1 atom stereocenters. The number of aromatic nitrogens is 1. The molecule has 2 aliphatic rings. The van der Waals surface area contributed by atoms with Crippen molar-refractivity contribution in [1.29, 1.82) is 0 Å². The van der Waals surface area contributed by atoms with Gasteiger partial charge in [-0.15, -0.1) is 11.3 Å². The molecular formula is C30H36N4O6S. The average Bonchev–Trinajstić information content (AvgIpc) is 3.32. The number of carbonyl (C=O) groups is 2. The number of nitrogens with zero attached hydrogens (tertiary/aromatic N) is 3. The van der Waals surface area contributed by atoms with E-state index in [2.05, 4.69) is 15.2 Å². The number of hydrogen-bond acceptors (Lipinski definition) is 9. The van der Waals surface area contributed by atoms with Gasteiger partial charge < -0.3 is 23.8 Å². The van der Waals surface area contributed by atoms with E-state index in [0.29, 0.717) is 46.7 Å². The highest BCUT2D eigenvalue weighted by Crippen LogP contribution is 2.31. The van der Waals surface area contributed by atoms with E-state index in [1.165, 1.54) is 11.3 Å². The molecule has 41 heavy (non-hydrogen) atoms. The number of benzene rings is 2. The van der Waals surface area contributed by atoms with Gasteiger partial charge in [-0.3, -0.25) is 19.8 Å². The lowest BCUT2D eigenvalue weighted by molar-refractivity contribution is 0.0651. The summed E-state index contributed by atoms with van der Waals surface area (Å²) in [5.74, 6) is 1.18. The van der Waals surface area contributed by atoms with Gasteiger partial charge >= 0.3 is 0 Å². The van der Waals surface area contributed by atoms with Crippen molar-refractivity contribution in [3.63, 3.8) is 0 Å². The zero-order valence-corrected chi connectivity index (χ0v) is 24.5. The van der Waals surface area contributed by atoms with Crippen molar-refractivity contribution < 1.29 is 28.5 Å². The number of thiazole rings is 1. The lowest BCUT2D eigenvalue weighted by atomic mass is 10.1. The number of nitrogens with one attached hydrogen (secondary N) is 1. The van der Waals surface area contributed by atoms with Gasteiger partial charge in [0.2, 0.25) is 0 Å². The van der Waals surface area contributed by atoms with Crippen LogP contribution in [0.25, 0.3) is 0 Å². The van der Waals surface area contributed by atoms with E-state index in [4.69, 9.17) is 18.9 Å².